The molecule has 0 N–H and O–H groups in total. The average molecular weight is 434 g/mol. The van der Waals surface area contributed by atoms with E-state index in [9.17, 15) is 9.18 Å². The highest BCUT2D eigenvalue weighted by molar-refractivity contribution is 6.08. The van der Waals surface area contributed by atoms with Gasteiger partial charge in [0.05, 0.1) is 6.61 Å². The number of carbonyl (C=O) groups is 1. The molecule has 0 saturated carbocycles. The average Bonchev–Trinajstić information content (AvgIpc) is 2.77. The van der Waals surface area contributed by atoms with Crippen LogP contribution in [0.25, 0.3) is 0 Å². The van der Waals surface area contributed by atoms with Crippen LogP contribution in [0.2, 0.25) is 0 Å². The van der Waals surface area contributed by atoms with Gasteiger partial charge in [-0.25, -0.2) is 4.39 Å². The predicted molar refractivity (Wildman–Crippen MR) is 122 cm³/mol. The van der Waals surface area contributed by atoms with Gasteiger partial charge in [0.15, 0.2) is 5.78 Å². The quantitative estimate of drug-likeness (QED) is 0.308. The molecule has 0 amide bonds. The first-order valence-electron chi connectivity index (χ1n) is 11.0. The summed E-state index contributed by atoms with van der Waals surface area (Å²) in [5.41, 5.74) is 1.07. The maximum absolute atomic E-state index is 13.0. The van der Waals surface area contributed by atoms with E-state index in [-0.39, 0.29) is 24.0 Å². The topological polar surface area (TPSA) is 29.5 Å². The Morgan fingerprint density at radius 1 is 0.800 bits per heavy atom. The lowest BCUT2D eigenvalue weighted by Crippen LogP contribution is -2.30. The van der Waals surface area contributed by atoms with Gasteiger partial charge in [-0.2, -0.15) is 0 Å². The minimum Gasteiger partial charge on any atom is -0.494 e. The molecular weight excluding hydrogens is 401 g/mol. The summed E-state index contributed by atoms with van der Waals surface area (Å²) < 4.78 is 18.8. The van der Waals surface area contributed by atoms with Crippen LogP contribution in [0.1, 0.15) is 67.3 Å². The molecule has 3 rings (SSSR count). The lowest BCUT2D eigenvalue weighted by Gasteiger charge is -2.26. The van der Waals surface area contributed by atoms with E-state index in [1.54, 1.807) is 12.1 Å². The second kappa shape index (κ2) is 13.4. The molecule has 1 fully saturated rings. The number of nitrogens with zero attached hydrogens (tertiary/aromatic N) is 1. The number of benzene rings is 2. The summed E-state index contributed by atoms with van der Waals surface area (Å²) in [6.45, 7) is 4.56. The maximum Gasteiger partial charge on any atom is 0.193 e. The minimum absolute atomic E-state index is 0. The van der Waals surface area contributed by atoms with Crippen LogP contribution in [0.15, 0.2) is 48.5 Å². The smallest absolute Gasteiger partial charge is 0.193 e. The number of piperidine rings is 1. The maximum atomic E-state index is 13.0. The fourth-order valence-corrected chi connectivity index (χ4v) is 3.81. The lowest BCUT2D eigenvalue weighted by molar-refractivity contribution is 0.103. The molecule has 3 nitrogen and oxygen atoms in total. The van der Waals surface area contributed by atoms with Crippen LogP contribution < -0.4 is 4.74 Å². The Morgan fingerprint density at radius 3 is 2.03 bits per heavy atom. The Bertz CT molecular complexity index is 743. The fraction of sp³-hybridized carbons (Fsp3) is 0.480. The monoisotopic (exact) mass is 433 g/mol. The lowest BCUT2D eigenvalue weighted by atomic mass is 10.0. The van der Waals surface area contributed by atoms with Crippen molar-refractivity contribution in [3.05, 3.63) is 65.5 Å². The van der Waals surface area contributed by atoms with Crippen molar-refractivity contribution in [1.29, 1.82) is 0 Å². The number of halogens is 2. The summed E-state index contributed by atoms with van der Waals surface area (Å²) >= 11 is 0. The highest BCUT2D eigenvalue weighted by atomic mass is 35.5. The molecular formula is C25H33ClFNO2. The third-order valence-corrected chi connectivity index (χ3v) is 5.56. The number of likely N-dealkylation sites (tertiary alicyclic amines) is 1. The summed E-state index contributed by atoms with van der Waals surface area (Å²) in [5, 5.41) is 0. The number of unbranched alkanes of at least 4 members (excludes halogenated alkanes) is 4. The molecule has 0 radical (unpaired) electrons. The molecule has 1 heterocycles. The van der Waals surface area contributed by atoms with E-state index in [1.807, 2.05) is 12.1 Å². The summed E-state index contributed by atoms with van der Waals surface area (Å²) in [6, 6.07) is 12.8. The zero-order chi connectivity index (χ0) is 20.3. The van der Waals surface area contributed by atoms with Gasteiger partial charge in [-0.15, -0.1) is 12.4 Å². The van der Waals surface area contributed by atoms with Crippen LogP contribution in [0.4, 0.5) is 4.39 Å². The first-order chi connectivity index (χ1) is 14.2. The Hall–Kier alpha value is -1.91. The van der Waals surface area contributed by atoms with E-state index < -0.39 is 0 Å². The minimum atomic E-state index is -0.340. The van der Waals surface area contributed by atoms with E-state index in [0.29, 0.717) is 17.7 Å². The van der Waals surface area contributed by atoms with Crippen LogP contribution in [0.3, 0.4) is 0 Å². The molecule has 30 heavy (non-hydrogen) atoms. The third-order valence-electron chi connectivity index (χ3n) is 5.56. The van der Waals surface area contributed by atoms with Crippen molar-refractivity contribution in [3.63, 3.8) is 0 Å². The van der Waals surface area contributed by atoms with E-state index >= 15 is 0 Å². The van der Waals surface area contributed by atoms with Gasteiger partial charge in [0.1, 0.15) is 11.6 Å². The van der Waals surface area contributed by atoms with Gasteiger partial charge in [-0.1, -0.05) is 25.7 Å². The summed E-state index contributed by atoms with van der Waals surface area (Å²) in [4.78, 5) is 15.0. The van der Waals surface area contributed by atoms with Crippen LogP contribution in [-0.4, -0.2) is 36.9 Å². The molecule has 0 aromatic heterocycles. The predicted octanol–water partition coefficient (Wildman–Crippen LogP) is 6.29. The molecule has 1 aliphatic rings. The van der Waals surface area contributed by atoms with Gasteiger partial charge in [-0.05, 0) is 93.8 Å². The number of hydrogen-bond donors (Lipinski definition) is 0. The summed E-state index contributed by atoms with van der Waals surface area (Å²) in [5.74, 6) is 0.333. The molecule has 1 saturated heterocycles. The molecule has 0 atom stereocenters. The number of ketones is 1. The normalized spacial score (nSPS) is 14.2. The second-order valence-corrected chi connectivity index (χ2v) is 7.88. The van der Waals surface area contributed by atoms with Crippen molar-refractivity contribution in [2.45, 2.75) is 51.4 Å². The van der Waals surface area contributed by atoms with Crippen molar-refractivity contribution < 1.29 is 13.9 Å². The highest BCUT2D eigenvalue weighted by Gasteiger charge is 2.10. The molecule has 0 unspecified atom stereocenters. The Labute approximate surface area is 186 Å². The van der Waals surface area contributed by atoms with Crippen LogP contribution in [0.5, 0.6) is 5.75 Å². The largest absolute Gasteiger partial charge is 0.494 e. The first kappa shape index (κ1) is 24.4. The molecule has 2 aromatic rings. The van der Waals surface area contributed by atoms with Gasteiger partial charge < -0.3 is 9.64 Å². The number of rotatable bonds is 11. The van der Waals surface area contributed by atoms with Gasteiger partial charge in [0.25, 0.3) is 0 Å². The van der Waals surface area contributed by atoms with Crippen molar-refractivity contribution in [2.75, 3.05) is 26.2 Å². The standard InChI is InChI=1S/C25H32FNO2.ClH/c26-23-13-9-21(10-14-23)25(28)22-11-15-24(16-12-22)29-20-8-3-1-2-5-17-27-18-6-4-7-19-27;/h9-16H,1-8,17-20H2;1H. The van der Waals surface area contributed by atoms with Gasteiger partial charge in [0, 0.05) is 11.1 Å². The van der Waals surface area contributed by atoms with Gasteiger partial charge in [0.2, 0.25) is 0 Å². The van der Waals surface area contributed by atoms with E-state index in [2.05, 4.69) is 4.90 Å². The summed E-state index contributed by atoms with van der Waals surface area (Å²) in [6.07, 6.45) is 10.3. The van der Waals surface area contributed by atoms with Crippen molar-refractivity contribution in [3.8, 4) is 5.75 Å². The van der Waals surface area contributed by atoms with Crippen LogP contribution in [-0.2, 0) is 0 Å². The molecule has 5 heteroatoms. The van der Waals surface area contributed by atoms with Crippen molar-refractivity contribution >= 4 is 18.2 Å². The van der Waals surface area contributed by atoms with E-state index in [1.165, 1.54) is 88.8 Å². The molecule has 164 valence electrons. The van der Waals surface area contributed by atoms with Crippen LogP contribution >= 0.6 is 12.4 Å². The number of carbonyl (C=O) groups excluding carboxylic acids is 1. The molecule has 0 aliphatic carbocycles. The van der Waals surface area contributed by atoms with Gasteiger partial charge >= 0.3 is 0 Å². The number of hydrogen-bond acceptors (Lipinski definition) is 3. The highest BCUT2D eigenvalue weighted by Crippen LogP contribution is 2.17. The van der Waals surface area contributed by atoms with E-state index in [0.717, 1.165) is 12.2 Å². The van der Waals surface area contributed by atoms with Gasteiger partial charge in [-0.3, -0.25) is 4.79 Å². The Balaban J connectivity index is 0.00000320. The fourth-order valence-electron chi connectivity index (χ4n) is 3.81. The SMILES string of the molecule is Cl.O=C(c1ccc(F)cc1)c1ccc(OCCCCCCCN2CCCCC2)cc1. The number of ether oxygens (including phenoxy) is 1. The zero-order valence-corrected chi connectivity index (χ0v) is 18.5. The van der Waals surface area contributed by atoms with Crippen molar-refractivity contribution in [1.82, 2.24) is 4.90 Å². The Morgan fingerprint density at radius 2 is 1.37 bits per heavy atom. The molecule has 0 bridgehead atoms. The first-order valence-corrected chi connectivity index (χ1v) is 11.0. The van der Waals surface area contributed by atoms with Crippen molar-refractivity contribution in [2.24, 2.45) is 0 Å². The second-order valence-electron chi connectivity index (χ2n) is 7.88. The molecule has 2 aromatic carbocycles. The summed E-state index contributed by atoms with van der Waals surface area (Å²) in [7, 11) is 0. The molecule has 0 spiro atoms. The molecule has 1 aliphatic heterocycles. The van der Waals surface area contributed by atoms with E-state index in [4.69, 9.17) is 4.74 Å². The Kier molecular flexibility index (Phi) is 10.9. The third kappa shape index (κ3) is 8.08. The zero-order valence-electron chi connectivity index (χ0n) is 17.7. The van der Waals surface area contributed by atoms with Crippen LogP contribution in [0, 0.1) is 5.82 Å².